The quantitative estimate of drug-likeness (QED) is 0.835. The van der Waals surface area contributed by atoms with Gasteiger partial charge in [0.25, 0.3) is 0 Å². The number of hydrogen-bond acceptors (Lipinski definition) is 3. The lowest BCUT2D eigenvalue weighted by molar-refractivity contribution is 0.598. The summed E-state index contributed by atoms with van der Waals surface area (Å²) in [6.45, 7) is 0.166. The normalized spacial score (nSPS) is 11.4. The van der Waals surface area contributed by atoms with Gasteiger partial charge in [-0.1, -0.05) is 17.7 Å². The Morgan fingerprint density at radius 3 is 2.57 bits per heavy atom. The van der Waals surface area contributed by atoms with Gasteiger partial charge in [0, 0.05) is 27.3 Å². The summed E-state index contributed by atoms with van der Waals surface area (Å²) >= 11 is 9.17. The van der Waals surface area contributed by atoms with E-state index in [2.05, 4.69) is 21.2 Å². The van der Waals surface area contributed by atoms with E-state index in [9.17, 15) is 12.8 Å². The van der Waals surface area contributed by atoms with E-state index >= 15 is 0 Å². The van der Waals surface area contributed by atoms with Crippen LogP contribution in [0.25, 0.3) is 0 Å². The van der Waals surface area contributed by atoms with E-state index in [1.807, 2.05) is 0 Å². The average molecular weight is 394 g/mol. The van der Waals surface area contributed by atoms with E-state index < -0.39 is 15.8 Å². The van der Waals surface area contributed by atoms with Crippen molar-refractivity contribution in [2.75, 3.05) is 5.32 Å². The van der Waals surface area contributed by atoms with Crippen molar-refractivity contribution in [3.05, 3.63) is 57.3 Å². The van der Waals surface area contributed by atoms with Gasteiger partial charge >= 0.3 is 0 Å². The molecule has 0 amide bonds. The second kappa shape index (κ2) is 6.31. The molecule has 0 aliphatic heterocycles. The van der Waals surface area contributed by atoms with E-state index in [4.69, 9.17) is 16.7 Å². The van der Waals surface area contributed by atoms with Gasteiger partial charge in [0.1, 0.15) is 5.82 Å². The predicted octanol–water partition coefficient (Wildman–Crippen LogP) is 3.50. The molecular formula is C13H11BrClFN2O2S. The fourth-order valence-corrected chi connectivity index (χ4v) is 3.14. The van der Waals surface area contributed by atoms with Crippen LogP contribution in [0.2, 0.25) is 5.02 Å². The Morgan fingerprint density at radius 1 is 1.29 bits per heavy atom. The third-order valence-corrected chi connectivity index (χ3v) is 4.71. The number of rotatable bonds is 4. The molecule has 0 aliphatic carbocycles. The molecular weight excluding hydrogens is 383 g/mol. The lowest BCUT2D eigenvalue weighted by Gasteiger charge is -2.11. The Bertz CT molecular complexity index is 763. The zero-order valence-electron chi connectivity index (χ0n) is 10.6. The van der Waals surface area contributed by atoms with Gasteiger partial charge in [-0.05, 0) is 46.3 Å². The zero-order chi connectivity index (χ0) is 15.6. The number of sulfonamides is 1. The Balaban J connectivity index is 2.22. The molecule has 2 rings (SSSR count). The topological polar surface area (TPSA) is 72.2 Å². The minimum atomic E-state index is -3.76. The van der Waals surface area contributed by atoms with Crippen LogP contribution in [0, 0.1) is 5.82 Å². The Kier molecular flexibility index (Phi) is 4.88. The van der Waals surface area contributed by atoms with Crippen molar-refractivity contribution in [2.45, 2.75) is 11.4 Å². The maximum Gasteiger partial charge on any atom is 0.238 e. The SMILES string of the molecule is NS(=O)(=O)c1ccc(NCc2c(F)cccc2Cl)c(Br)c1. The molecule has 4 nitrogen and oxygen atoms in total. The number of primary sulfonamides is 1. The minimum absolute atomic E-state index is 0.0103. The van der Waals surface area contributed by atoms with Gasteiger partial charge < -0.3 is 5.32 Å². The molecule has 0 spiro atoms. The van der Waals surface area contributed by atoms with E-state index in [0.29, 0.717) is 20.7 Å². The standard InChI is InChI=1S/C13H11BrClFN2O2S/c14-10-6-8(21(17,19)20)4-5-13(10)18-7-9-11(15)2-1-3-12(9)16/h1-6,18H,7H2,(H2,17,19,20). The van der Waals surface area contributed by atoms with E-state index in [1.165, 1.54) is 24.3 Å². The Hall–Kier alpha value is -1.15. The first-order valence-corrected chi connectivity index (χ1v) is 8.50. The van der Waals surface area contributed by atoms with Gasteiger partial charge in [0.2, 0.25) is 10.0 Å². The number of benzene rings is 2. The highest BCUT2D eigenvalue weighted by Gasteiger charge is 2.11. The minimum Gasteiger partial charge on any atom is -0.380 e. The first-order valence-electron chi connectivity index (χ1n) is 5.78. The molecule has 0 radical (unpaired) electrons. The molecule has 0 atom stereocenters. The average Bonchev–Trinajstić information content (AvgIpc) is 2.38. The molecule has 0 heterocycles. The molecule has 0 aliphatic rings. The summed E-state index contributed by atoms with van der Waals surface area (Å²) in [7, 11) is -3.76. The number of hydrogen-bond donors (Lipinski definition) is 2. The van der Waals surface area contributed by atoms with Crippen molar-refractivity contribution in [3.8, 4) is 0 Å². The maximum absolute atomic E-state index is 13.6. The predicted molar refractivity (Wildman–Crippen MR) is 84.3 cm³/mol. The molecule has 112 valence electrons. The van der Waals surface area contributed by atoms with Gasteiger partial charge in [-0.25, -0.2) is 17.9 Å². The largest absolute Gasteiger partial charge is 0.380 e. The number of nitrogens with one attached hydrogen (secondary N) is 1. The fraction of sp³-hybridized carbons (Fsp3) is 0.0769. The summed E-state index contributed by atoms with van der Waals surface area (Å²) in [5.41, 5.74) is 0.934. The molecule has 8 heteroatoms. The van der Waals surface area contributed by atoms with Crippen molar-refractivity contribution < 1.29 is 12.8 Å². The van der Waals surface area contributed by atoms with Crippen molar-refractivity contribution in [1.29, 1.82) is 0 Å². The van der Waals surface area contributed by atoms with Crippen LogP contribution in [0.3, 0.4) is 0 Å². The summed E-state index contributed by atoms with van der Waals surface area (Å²) < 4.78 is 36.6. The Labute approximate surface area is 135 Å². The number of halogens is 3. The molecule has 0 saturated heterocycles. The highest BCUT2D eigenvalue weighted by Crippen LogP contribution is 2.27. The zero-order valence-corrected chi connectivity index (χ0v) is 13.8. The number of anilines is 1. The van der Waals surface area contributed by atoms with Crippen LogP contribution >= 0.6 is 27.5 Å². The molecule has 3 N–H and O–H groups in total. The monoisotopic (exact) mass is 392 g/mol. The molecule has 21 heavy (non-hydrogen) atoms. The molecule has 0 fully saturated rings. The van der Waals surface area contributed by atoms with Crippen molar-refractivity contribution in [2.24, 2.45) is 5.14 Å². The summed E-state index contributed by atoms with van der Waals surface area (Å²) in [5.74, 6) is -0.410. The van der Waals surface area contributed by atoms with E-state index in [1.54, 1.807) is 12.1 Å². The third kappa shape index (κ3) is 3.94. The van der Waals surface area contributed by atoms with Gasteiger partial charge in [-0.15, -0.1) is 0 Å². The molecule has 0 aromatic heterocycles. The van der Waals surface area contributed by atoms with Gasteiger partial charge in [0.05, 0.1) is 4.90 Å². The van der Waals surface area contributed by atoms with Crippen LogP contribution in [0.1, 0.15) is 5.56 Å². The smallest absolute Gasteiger partial charge is 0.238 e. The molecule has 0 saturated carbocycles. The van der Waals surface area contributed by atoms with Gasteiger partial charge in [0.15, 0.2) is 0 Å². The van der Waals surface area contributed by atoms with E-state index in [0.717, 1.165) is 0 Å². The fourth-order valence-electron chi connectivity index (χ4n) is 1.70. The molecule has 0 unspecified atom stereocenters. The van der Waals surface area contributed by atoms with Crippen LogP contribution in [-0.4, -0.2) is 8.42 Å². The van der Waals surface area contributed by atoms with Gasteiger partial charge in [-0.3, -0.25) is 0 Å². The summed E-state index contributed by atoms with van der Waals surface area (Å²) in [5, 5.41) is 8.35. The maximum atomic E-state index is 13.6. The highest BCUT2D eigenvalue weighted by atomic mass is 79.9. The van der Waals surface area contributed by atoms with Crippen LogP contribution in [0.5, 0.6) is 0 Å². The molecule has 0 bridgehead atoms. The van der Waals surface area contributed by atoms with Crippen LogP contribution < -0.4 is 10.5 Å². The summed E-state index contributed by atoms with van der Waals surface area (Å²) in [6.07, 6.45) is 0. The molecule has 2 aromatic carbocycles. The van der Waals surface area contributed by atoms with Crippen molar-refractivity contribution in [3.63, 3.8) is 0 Å². The van der Waals surface area contributed by atoms with Crippen LogP contribution in [0.15, 0.2) is 45.8 Å². The van der Waals surface area contributed by atoms with Crippen LogP contribution in [-0.2, 0) is 16.6 Å². The lowest BCUT2D eigenvalue weighted by Crippen LogP contribution is -2.12. The molecule has 2 aromatic rings. The first-order chi connectivity index (χ1) is 9.79. The van der Waals surface area contributed by atoms with E-state index in [-0.39, 0.29) is 11.4 Å². The lowest BCUT2D eigenvalue weighted by atomic mass is 10.2. The second-order valence-electron chi connectivity index (χ2n) is 4.24. The van der Waals surface area contributed by atoms with Gasteiger partial charge in [-0.2, -0.15) is 0 Å². The Morgan fingerprint density at radius 2 is 2.00 bits per heavy atom. The highest BCUT2D eigenvalue weighted by molar-refractivity contribution is 9.10. The summed E-state index contributed by atoms with van der Waals surface area (Å²) in [4.78, 5) is -0.0103. The summed E-state index contributed by atoms with van der Waals surface area (Å²) in [6, 6.07) is 8.73. The van der Waals surface area contributed by atoms with Crippen molar-refractivity contribution in [1.82, 2.24) is 0 Å². The van der Waals surface area contributed by atoms with Crippen molar-refractivity contribution >= 4 is 43.2 Å². The van der Waals surface area contributed by atoms with Crippen LogP contribution in [0.4, 0.5) is 10.1 Å². The first kappa shape index (κ1) is 16.2. The second-order valence-corrected chi connectivity index (χ2v) is 7.06. The number of nitrogens with two attached hydrogens (primary N) is 1. The third-order valence-electron chi connectivity index (χ3n) is 2.79.